The van der Waals surface area contributed by atoms with E-state index in [-0.39, 0.29) is 0 Å². The Morgan fingerprint density at radius 1 is 1.62 bits per heavy atom. The lowest BCUT2D eigenvalue weighted by molar-refractivity contribution is -0.139. The van der Waals surface area contributed by atoms with Crippen LogP contribution in [0.15, 0.2) is 28.7 Å². The van der Waals surface area contributed by atoms with Gasteiger partial charge in [-0.3, -0.25) is 10.6 Å². The molecule has 1 rings (SSSR count). The summed E-state index contributed by atoms with van der Waals surface area (Å²) in [6, 6.07) is 6.12. The van der Waals surface area contributed by atoms with Crippen LogP contribution in [-0.2, 0) is 4.79 Å². The van der Waals surface area contributed by atoms with Crippen molar-refractivity contribution in [1.82, 2.24) is 5.43 Å². The molecule has 1 aromatic carbocycles. The second kappa shape index (κ2) is 4.36. The molecular weight excluding hydrogens is 236 g/mol. The molecule has 0 saturated heterocycles. The van der Waals surface area contributed by atoms with Gasteiger partial charge < -0.3 is 5.11 Å². The van der Waals surface area contributed by atoms with Gasteiger partial charge >= 0.3 is 5.97 Å². The summed E-state index contributed by atoms with van der Waals surface area (Å²) in [7, 11) is 0. The Bertz CT molecular complexity index is 317. The molecule has 13 heavy (non-hydrogen) atoms. The Labute approximate surface area is 83.8 Å². The van der Waals surface area contributed by atoms with Crippen LogP contribution in [0.25, 0.3) is 0 Å². The lowest BCUT2D eigenvalue weighted by Crippen LogP contribution is -2.33. The number of nitrogens with two attached hydrogens (primary N) is 1. The molecule has 0 fully saturated rings. The van der Waals surface area contributed by atoms with Crippen molar-refractivity contribution in [2.45, 2.75) is 6.04 Å². The molecule has 1 unspecified atom stereocenters. The summed E-state index contributed by atoms with van der Waals surface area (Å²) in [5, 5.41) is 8.76. The normalized spacial score (nSPS) is 12.5. The predicted octanol–water partition coefficient (Wildman–Crippen LogP) is 1.04. The quantitative estimate of drug-likeness (QED) is 0.549. The molecule has 0 amide bonds. The minimum absolute atomic E-state index is 0.615. The van der Waals surface area contributed by atoms with Crippen LogP contribution in [0.1, 0.15) is 11.6 Å². The first-order valence-corrected chi connectivity index (χ1v) is 4.39. The predicted molar refractivity (Wildman–Crippen MR) is 51.8 cm³/mol. The largest absolute Gasteiger partial charge is 0.480 e. The number of rotatable bonds is 3. The van der Waals surface area contributed by atoms with Crippen LogP contribution in [0.5, 0.6) is 0 Å². The fraction of sp³-hybridized carbons (Fsp3) is 0.125. The van der Waals surface area contributed by atoms with Gasteiger partial charge in [0.1, 0.15) is 6.04 Å². The second-order valence-electron chi connectivity index (χ2n) is 2.49. The molecule has 1 atom stereocenters. The number of aliphatic carboxylic acids is 1. The molecule has 0 aliphatic heterocycles. The van der Waals surface area contributed by atoms with Crippen molar-refractivity contribution in [3.63, 3.8) is 0 Å². The monoisotopic (exact) mass is 244 g/mol. The topological polar surface area (TPSA) is 75.3 Å². The Hall–Kier alpha value is -0.910. The maximum absolute atomic E-state index is 10.7. The Kier molecular flexibility index (Phi) is 3.41. The van der Waals surface area contributed by atoms with Crippen LogP contribution in [0, 0.1) is 0 Å². The molecule has 0 heterocycles. The van der Waals surface area contributed by atoms with Crippen molar-refractivity contribution in [2.75, 3.05) is 0 Å². The Morgan fingerprint density at radius 2 is 2.31 bits per heavy atom. The lowest BCUT2D eigenvalue weighted by Gasteiger charge is -2.10. The van der Waals surface area contributed by atoms with Crippen LogP contribution >= 0.6 is 15.9 Å². The minimum atomic E-state index is -0.999. The first-order valence-electron chi connectivity index (χ1n) is 3.59. The van der Waals surface area contributed by atoms with Gasteiger partial charge in [-0.2, -0.15) is 0 Å². The smallest absolute Gasteiger partial charge is 0.326 e. The van der Waals surface area contributed by atoms with Crippen molar-refractivity contribution in [3.05, 3.63) is 34.3 Å². The number of nitrogens with one attached hydrogen (secondary N) is 1. The van der Waals surface area contributed by atoms with Crippen LogP contribution in [0.4, 0.5) is 0 Å². The van der Waals surface area contributed by atoms with Crippen LogP contribution in [0.2, 0.25) is 0 Å². The number of hydrogen-bond donors (Lipinski definition) is 3. The molecule has 0 saturated carbocycles. The lowest BCUT2D eigenvalue weighted by atomic mass is 10.1. The number of benzene rings is 1. The molecule has 70 valence electrons. The molecule has 5 heteroatoms. The summed E-state index contributed by atoms with van der Waals surface area (Å²) in [5.74, 6) is 4.11. The zero-order valence-corrected chi connectivity index (χ0v) is 8.28. The van der Waals surface area contributed by atoms with Gasteiger partial charge in [0, 0.05) is 4.47 Å². The molecule has 0 aliphatic rings. The molecule has 0 aliphatic carbocycles. The fourth-order valence-electron chi connectivity index (χ4n) is 0.996. The molecule has 1 aromatic rings. The highest BCUT2D eigenvalue weighted by molar-refractivity contribution is 9.10. The number of carboxylic acids is 1. The van der Waals surface area contributed by atoms with Crippen molar-refractivity contribution >= 4 is 21.9 Å². The number of carboxylic acid groups (broad SMARTS) is 1. The van der Waals surface area contributed by atoms with Gasteiger partial charge in [-0.1, -0.05) is 28.1 Å². The van der Waals surface area contributed by atoms with Gasteiger partial charge in [-0.05, 0) is 17.7 Å². The van der Waals surface area contributed by atoms with Crippen molar-refractivity contribution < 1.29 is 9.90 Å². The number of hydrazine groups is 1. The van der Waals surface area contributed by atoms with E-state index in [0.29, 0.717) is 5.56 Å². The average molecular weight is 245 g/mol. The van der Waals surface area contributed by atoms with Gasteiger partial charge in [0.05, 0.1) is 0 Å². The van der Waals surface area contributed by atoms with E-state index in [1.165, 1.54) is 0 Å². The number of hydrogen-bond acceptors (Lipinski definition) is 3. The summed E-state index contributed by atoms with van der Waals surface area (Å²) in [5.41, 5.74) is 2.84. The minimum Gasteiger partial charge on any atom is -0.480 e. The standard InChI is InChI=1S/C8H9BrN2O2/c9-6-3-1-2-5(4-6)7(11-10)8(12)13/h1-4,7,11H,10H2,(H,12,13). The van der Waals surface area contributed by atoms with Crippen molar-refractivity contribution in [2.24, 2.45) is 5.84 Å². The van der Waals surface area contributed by atoms with E-state index < -0.39 is 12.0 Å². The molecular formula is C8H9BrN2O2. The molecule has 0 bridgehead atoms. The van der Waals surface area contributed by atoms with Crippen molar-refractivity contribution in [1.29, 1.82) is 0 Å². The van der Waals surface area contributed by atoms with Gasteiger partial charge in [0.15, 0.2) is 0 Å². The number of halogens is 1. The summed E-state index contributed by atoms with van der Waals surface area (Å²) in [6.45, 7) is 0. The summed E-state index contributed by atoms with van der Waals surface area (Å²) < 4.78 is 0.825. The molecule has 0 aromatic heterocycles. The van der Waals surface area contributed by atoms with Crippen LogP contribution in [-0.4, -0.2) is 11.1 Å². The van der Waals surface area contributed by atoms with E-state index in [2.05, 4.69) is 21.4 Å². The van der Waals surface area contributed by atoms with Gasteiger partial charge in [-0.15, -0.1) is 0 Å². The summed E-state index contributed by atoms with van der Waals surface area (Å²) >= 11 is 3.25. The molecule has 0 spiro atoms. The van der Waals surface area contributed by atoms with E-state index >= 15 is 0 Å². The Morgan fingerprint density at radius 3 is 2.77 bits per heavy atom. The fourth-order valence-corrected chi connectivity index (χ4v) is 1.41. The summed E-state index contributed by atoms with van der Waals surface area (Å²) in [4.78, 5) is 10.7. The summed E-state index contributed by atoms with van der Waals surface area (Å²) in [6.07, 6.45) is 0. The number of carbonyl (C=O) groups is 1. The van der Waals surface area contributed by atoms with Crippen molar-refractivity contribution in [3.8, 4) is 0 Å². The third-order valence-electron chi connectivity index (χ3n) is 1.60. The first-order chi connectivity index (χ1) is 6.15. The van der Waals surface area contributed by atoms with Gasteiger partial charge in [0.2, 0.25) is 0 Å². The molecule has 4 N–H and O–H groups in total. The van der Waals surface area contributed by atoms with Gasteiger partial charge in [-0.25, -0.2) is 5.43 Å². The Balaban J connectivity index is 2.98. The van der Waals surface area contributed by atoms with E-state index in [4.69, 9.17) is 10.9 Å². The maximum atomic E-state index is 10.7. The third kappa shape index (κ3) is 2.51. The van der Waals surface area contributed by atoms with Gasteiger partial charge in [0.25, 0.3) is 0 Å². The van der Waals surface area contributed by atoms with E-state index in [1.807, 2.05) is 6.07 Å². The zero-order valence-electron chi connectivity index (χ0n) is 6.70. The van der Waals surface area contributed by atoms with E-state index in [9.17, 15) is 4.79 Å². The third-order valence-corrected chi connectivity index (χ3v) is 2.09. The maximum Gasteiger partial charge on any atom is 0.326 e. The van der Waals surface area contributed by atoms with E-state index in [0.717, 1.165) is 4.47 Å². The second-order valence-corrected chi connectivity index (χ2v) is 3.41. The molecule has 0 radical (unpaired) electrons. The van der Waals surface area contributed by atoms with Crippen LogP contribution < -0.4 is 11.3 Å². The zero-order chi connectivity index (χ0) is 9.84. The SMILES string of the molecule is NNC(C(=O)O)c1cccc(Br)c1. The molecule has 4 nitrogen and oxygen atoms in total. The highest BCUT2D eigenvalue weighted by Gasteiger charge is 2.17. The van der Waals surface area contributed by atoms with Crippen LogP contribution in [0.3, 0.4) is 0 Å². The highest BCUT2D eigenvalue weighted by atomic mass is 79.9. The average Bonchev–Trinajstić information content (AvgIpc) is 2.04. The highest BCUT2D eigenvalue weighted by Crippen LogP contribution is 2.17. The van der Waals surface area contributed by atoms with E-state index in [1.54, 1.807) is 18.2 Å². The first kappa shape index (κ1) is 10.2.